The number of amides is 3. The third kappa shape index (κ3) is 3.72. The molecule has 1 aliphatic rings. The molecule has 0 unspecified atom stereocenters. The molecule has 4 aromatic rings. The van der Waals surface area contributed by atoms with E-state index in [1.807, 2.05) is 66.7 Å². The number of carbonyl (C=O) groups excluding carboxylic acids is 3. The SMILES string of the molecule is O=C1c2cccc3c(Br)ccc(c23)C(=O)N1CCN(C(=O)c1ccccc1)c1ccccc1. The predicted molar refractivity (Wildman–Crippen MR) is 132 cm³/mol. The Balaban J connectivity index is 1.48. The first-order valence-corrected chi connectivity index (χ1v) is 11.3. The number of rotatable bonds is 5. The zero-order valence-corrected chi connectivity index (χ0v) is 19.2. The van der Waals surface area contributed by atoms with Gasteiger partial charge in [0.15, 0.2) is 0 Å². The number of nitrogens with zero attached hydrogens (tertiary/aromatic N) is 2. The molecule has 0 fully saturated rings. The maximum absolute atomic E-state index is 13.3. The summed E-state index contributed by atoms with van der Waals surface area (Å²) < 4.78 is 0.834. The van der Waals surface area contributed by atoms with Gasteiger partial charge in [-0.25, -0.2) is 0 Å². The Labute approximate surface area is 199 Å². The Hall–Kier alpha value is -3.77. The average molecular weight is 499 g/mol. The molecule has 5 rings (SSSR count). The van der Waals surface area contributed by atoms with Crippen LogP contribution in [0.5, 0.6) is 0 Å². The predicted octanol–water partition coefficient (Wildman–Crippen LogP) is 5.55. The number of anilines is 1. The second kappa shape index (κ2) is 8.64. The van der Waals surface area contributed by atoms with Crippen LogP contribution in [0.3, 0.4) is 0 Å². The summed E-state index contributed by atoms with van der Waals surface area (Å²) in [5.74, 6) is -0.891. The molecular formula is C27H19BrN2O3. The maximum atomic E-state index is 13.3. The van der Waals surface area contributed by atoms with Gasteiger partial charge in [-0.05, 0) is 47.9 Å². The lowest BCUT2D eigenvalue weighted by atomic mass is 9.94. The number of benzene rings is 4. The molecular weight excluding hydrogens is 480 g/mol. The molecule has 4 aromatic carbocycles. The fourth-order valence-corrected chi connectivity index (χ4v) is 4.67. The number of hydrogen-bond donors (Lipinski definition) is 0. The van der Waals surface area contributed by atoms with Crippen LogP contribution in [0.4, 0.5) is 5.69 Å². The molecule has 1 aliphatic heterocycles. The topological polar surface area (TPSA) is 57.7 Å². The zero-order valence-electron chi connectivity index (χ0n) is 17.6. The van der Waals surface area contributed by atoms with Gasteiger partial charge in [0.1, 0.15) is 0 Å². The van der Waals surface area contributed by atoms with Crippen LogP contribution in [0.1, 0.15) is 31.1 Å². The number of carbonyl (C=O) groups is 3. The Morgan fingerprint density at radius 3 is 2.09 bits per heavy atom. The highest BCUT2D eigenvalue weighted by atomic mass is 79.9. The summed E-state index contributed by atoms with van der Waals surface area (Å²) in [6, 6.07) is 27.2. The first-order chi connectivity index (χ1) is 16.1. The molecule has 0 radical (unpaired) electrons. The summed E-state index contributed by atoms with van der Waals surface area (Å²) in [4.78, 5) is 42.7. The first-order valence-electron chi connectivity index (χ1n) is 10.6. The van der Waals surface area contributed by atoms with Crippen molar-refractivity contribution < 1.29 is 14.4 Å². The van der Waals surface area contributed by atoms with Gasteiger partial charge in [-0.2, -0.15) is 0 Å². The van der Waals surface area contributed by atoms with Crippen LogP contribution < -0.4 is 4.90 Å². The second-order valence-electron chi connectivity index (χ2n) is 7.74. The van der Waals surface area contributed by atoms with Crippen molar-refractivity contribution in [2.75, 3.05) is 18.0 Å². The van der Waals surface area contributed by atoms with Crippen LogP contribution in [0, 0.1) is 0 Å². The van der Waals surface area contributed by atoms with Gasteiger partial charge < -0.3 is 4.90 Å². The maximum Gasteiger partial charge on any atom is 0.261 e. The second-order valence-corrected chi connectivity index (χ2v) is 8.60. The molecule has 0 saturated carbocycles. The molecule has 0 aliphatic carbocycles. The Kier molecular flexibility index (Phi) is 5.52. The van der Waals surface area contributed by atoms with Crippen molar-refractivity contribution in [3.8, 4) is 0 Å². The number of hydrogen-bond acceptors (Lipinski definition) is 3. The fraction of sp³-hybridized carbons (Fsp3) is 0.0741. The van der Waals surface area contributed by atoms with E-state index >= 15 is 0 Å². The summed E-state index contributed by atoms with van der Waals surface area (Å²) in [5, 5.41) is 1.50. The van der Waals surface area contributed by atoms with Gasteiger partial charge in [-0.1, -0.05) is 64.5 Å². The van der Waals surface area contributed by atoms with Gasteiger partial charge in [0.2, 0.25) is 0 Å². The number of imide groups is 1. The number of para-hydroxylation sites is 1. The van der Waals surface area contributed by atoms with Crippen LogP contribution in [0.15, 0.2) is 95.5 Å². The minimum Gasteiger partial charge on any atom is -0.307 e. The Morgan fingerprint density at radius 1 is 0.758 bits per heavy atom. The van der Waals surface area contributed by atoms with Crippen molar-refractivity contribution in [1.82, 2.24) is 4.90 Å². The monoisotopic (exact) mass is 498 g/mol. The van der Waals surface area contributed by atoms with Gasteiger partial charge in [-0.3, -0.25) is 19.3 Å². The molecule has 0 saturated heterocycles. The minimum absolute atomic E-state index is 0.0804. The smallest absolute Gasteiger partial charge is 0.261 e. The summed E-state index contributed by atoms with van der Waals surface area (Å²) in [5.41, 5.74) is 2.22. The van der Waals surface area contributed by atoms with Gasteiger partial charge in [0.05, 0.1) is 0 Å². The molecule has 0 bridgehead atoms. The first kappa shape index (κ1) is 21.1. The largest absolute Gasteiger partial charge is 0.307 e. The molecule has 1 heterocycles. The van der Waals surface area contributed by atoms with E-state index in [-0.39, 0.29) is 30.8 Å². The molecule has 0 aromatic heterocycles. The van der Waals surface area contributed by atoms with Gasteiger partial charge in [0.25, 0.3) is 17.7 Å². The van der Waals surface area contributed by atoms with Crippen molar-refractivity contribution in [3.63, 3.8) is 0 Å². The highest BCUT2D eigenvalue weighted by Gasteiger charge is 2.33. The quantitative estimate of drug-likeness (QED) is 0.339. The molecule has 5 nitrogen and oxygen atoms in total. The van der Waals surface area contributed by atoms with Crippen LogP contribution in [0.2, 0.25) is 0 Å². The molecule has 0 N–H and O–H groups in total. The summed E-state index contributed by atoms with van der Waals surface area (Å²) in [7, 11) is 0. The standard InChI is InChI=1S/C27H19BrN2O3/c28-23-15-14-22-24-20(23)12-7-13-21(24)26(32)30(27(22)33)17-16-29(19-10-5-2-6-11-19)25(31)18-8-3-1-4-9-18/h1-15H,16-17H2. The van der Waals surface area contributed by atoms with Gasteiger partial charge >= 0.3 is 0 Å². The van der Waals surface area contributed by atoms with Crippen LogP contribution in [-0.4, -0.2) is 35.7 Å². The van der Waals surface area contributed by atoms with E-state index in [2.05, 4.69) is 15.9 Å². The lowest BCUT2D eigenvalue weighted by molar-refractivity contribution is 0.0611. The van der Waals surface area contributed by atoms with E-state index in [0.29, 0.717) is 27.8 Å². The molecule has 3 amide bonds. The molecule has 162 valence electrons. The van der Waals surface area contributed by atoms with Gasteiger partial charge in [-0.15, -0.1) is 0 Å². The summed E-state index contributed by atoms with van der Waals surface area (Å²) in [6.45, 7) is 0.258. The molecule has 0 spiro atoms. The third-order valence-corrected chi connectivity index (χ3v) is 6.51. The van der Waals surface area contributed by atoms with E-state index in [9.17, 15) is 14.4 Å². The molecule has 0 atom stereocenters. The lowest BCUT2D eigenvalue weighted by Gasteiger charge is -2.30. The van der Waals surface area contributed by atoms with Crippen molar-refractivity contribution in [2.45, 2.75) is 0 Å². The van der Waals surface area contributed by atoms with Crippen molar-refractivity contribution in [3.05, 3.63) is 112 Å². The molecule has 6 heteroatoms. The van der Waals surface area contributed by atoms with Crippen molar-refractivity contribution in [2.24, 2.45) is 0 Å². The highest BCUT2D eigenvalue weighted by Crippen LogP contribution is 2.34. The van der Waals surface area contributed by atoms with Crippen molar-refractivity contribution >= 4 is 50.1 Å². The zero-order chi connectivity index (χ0) is 22.9. The van der Waals surface area contributed by atoms with E-state index in [1.165, 1.54) is 4.90 Å². The van der Waals surface area contributed by atoms with E-state index in [0.717, 1.165) is 9.86 Å². The Morgan fingerprint density at radius 2 is 1.39 bits per heavy atom. The van der Waals surface area contributed by atoms with Crippen LogP contribution in [0.25, 0.3) is 10.8 Å². The van der Waals surface area contributed by atoms with Gasteiger partial charge in [0, 0.05) is 45.3 Å². The minimum atomic E-state index is -0.351. The van der Waals surface area contributed by atoms with Crippen molar-refractivity contribution in [1.29, 1.82) is 0 Å². The normalized spacial score (nSPS) is 12.8. The molecule has 33 heavy (non-hydrogen) atoms. The van der Waals surface area contributed by atoms with E-state index < -0.39 is 0 Å². The summed E-state index contributed by atoms with van der Waals surface area (Å²) in [6.07, 6.45) is 0. The third-order valence-electron chi connectivity index (χ3n) is 5.82. The lowest BCUT2D eigenvalue weighted by Crippen LogP contribution is -2.46. The summed E-state index contributed by atoms with van der Waals surface area (Å²) >= 11 is 3.51. The number of halogens is 1. The van der Waals surface area contributed by atoms with Crippen LogP contribution in [-0.2, 0) is 0 Å². The average Bonchev–Trinajstić information content (AvgIpc) is 2.86. The van der Waals surface area contributed by atoms with E-state index in [4.69, 9.17) is 0 Å². The van der Waals surface area contributed by atoms with E-state index in [1.54, 1.807) is 29.2 Å². The fourth-order valence-electron chi connectivity index (χ4n) is 4.21. The Bertz CT molecular complexity index is 1360. The highest BCUT2D eigenvalue weighted by molar-refractivity contribution is 9.10. The van der Waals surface area contributed by atoms with Crippen LogP contribution >= 0.6 is 15.9 Å².